The van der Waals surface area contributed by atoms with E-state index in [4.69, 9.17) is 14.2 Å². The van der Waals surface area contributed by atoms with Crippen LogP contribution in [0.5, 0.6) is 0 Å². The number of carbonyl (C=O) groups excluding carboxylic acids is 3. The van der Waals surface area contributed by atoms with Crippen LogP contribution in [-0.2, 0) is 28.6 Å². The molecule has 0 aliphatic carbocycles. The van der Waals surface area contributed by atoms with Gasteiger partial charge in [0, 0.05) is 19.3 Å². The van der Waals surface area contributed by atoms with Gasteiger partial charge in [-0.15, -0.1) is 0 Å². The largest absolute Gasteiger partial charge is 0.462 e. The molecule has 1 unspecified atom stereocenters. The molecule has 0 aliphatic rings. The fourth-order valence-electron chi connectivity index (χ4n) is 6.72. The maximum atomic E-state index is 12.8. The van der Waals surface area contributed by atoms with Crippen LogP contribution in [0.3, 0.4) is 0 Å². The summed E-state index contributed by atoms with van der Waals surface area (Å²) in [5, 5.41) is 0. The van der Waals surface area contributed by atoms with Gasteiger partial charge in [0.25, 0.3) is 0 Å². The van der Waals surface area contributed by atoms with E-state index in [9.17, 15) is 14.4 Å². The van der Waals surface area contributed by atoms with E-state index in [1.165, 1.54) is 44.9 Å². The van der Waals surface area contributed by atoms with Crippen molar-refractivity contribution in [2.24, 2.45) is 0 Å². The molecule has 0 fully saturated rings. The maximum Gasteiger partial charge on any atom is 0.306 e. The molecule has 0 N–H and O–H groups in total. The molecule has 0 spiro atoms. The van der Waals surface area contributed by atoms with Crippen molar-refractivity contribution < 1.29 is 28.6 Å². The summed E-state index contributed by atoms with van der Waals surface area (Å²) in [6, 6.07) is 0. The van der Waals surface area contributed by atoms with Crippen molar-refractivity contribution in [2.45, 2.75) is 213 Å². The van der Waals surface area contributed by atoms with E-state index in [-0.39, 0.29) is 38.0 Å². The Kier molecular flexibility index (Phi) is 52.6. The van der Waals surface area contributed by atoms with Crippen molar-refractivity contribution in [1.29, 1.82) is 0 Å². The monoisotopic (exact) mass is 963 g/mol. The molecule has 70 heavy (non-hydrogen) atoms. The van der Waals surface area contributed by atoms with Crippen LogP contribution in [0.4, 0.5) is 0 Å². The highest BCUT2D eigenvalue weighted by Crippen LogP contribution is 2.11. The van der Waals surface area contributed by atoms with E-state index in [1.54, 1.807) is 0 Å². The van der Waals surface area contributed by atoms with E-state index in [2.05, 4.69) is 154 Å². The summed E-state index contributed by atoms with van der Waals surface area (Å²) in [6.45, 7) is 6.24. The number of hydrogen-bond donors (Lipinski definition) is 0. The SMILES string of the molecule is CC/C=C\C/C=C\C/C=C\C/C=C\C/C=C\C/C=C\CCC(=O)OCC(COC(=O)CCCCC/C=C\CCCCCCCCC)OC(=O)CC/C=C\C/C=C\C/C=C\C/C=C\C/C=C\C/C=C\CC. The number of allylic oxidation sites excluding steroid dienone is 26. The first-order valence-corrected chi connectivity index (χ1v) is 27.5. The van der Waals surface area contributed by atoms with Gasteiger partial charge in [-0.05, 0) is 122 Å². The zero-order valence-corrected chi connectivity index (χ0v) is 44.5. The maximum absolute atomic E-state index is 12.8. The molecule has 0 amide bonds. The zero-order chi connectivity index (χ0) is 50.7. The first-order valence-electron chi connectivity index (χ1n) is 27.5. The fraction of sp³-hybridized carbons (Fsp3) is 0.547. The van der Waals surface area contributed by atoms with Gasteiger partial charge < -0.3 is 14.2 Å². The minimum atomic E-state index is -0.863. The Morgan fingerprint density at radius 2 is 0.586 bits per heavy atom. The highest BCUT2D eigenvalue weighted by molar-refractivity contribution is 5.71. The van der Waals surface area contributed by atoms with Gasteiger partial charge in [-0.1, -0.05) is 224 Å². The lowest BCUT2D eigenvalue weighted by atomic mass is 10.1. The average molecular weight is 963 g/mol. The number of carbonyl (C=O) groups is 3. The lowest BCUT2D eigenvalue weighted by Crippen LogP contribution is -2.30. The van der Waals surface area contributed by atoms with Crippen molar-refractivity contribution in [3.05, 3.63) is 158 Å². The molecule has 0 aliphatic heterocycles. The quantitative estimate of drug-likeness (QED) is 0.0262. The summed E-state index contributed by atoms with van der Waals surface area (Å²) >= 11 is 0. The summed E-state index contributed by atoms with van der Waals surface area (Å²) in [4.78, 5) is 38.0. The number of rotatable bonds is 47. The van der Waals surface area contributed by atoms with E-state index < -0.39 is 12.1 Å². The van der Waals surface area contributed by atoms with Gasteiger partial charge in [-0.3, -0.25) is 14.4 Å². The van der Waals surface area contributed by atoms with Crippen molar-refractivity contribution in [3.63, 3.8) is 0 Å². The minimum absolute atomic E-state index is 0.147. The Morgan fingerprint density at radius 1 is 0.300 bits per heavy atom. The van der Waals surface area contributed by atoms with E-state index in [0.717, 1.165) is 109 Å². The Morgan fingerprint density at radius 3 is 0.957 bits per heavy atom. The number of ether oxygens (including phenoxy) is 3. The molecule has 390 valence electrons. The molecule has 0 aromatic carbocycles. The Labute approximate surface area is 429 Å². The first kappa shape index (κ1) is 65.0. The topological polar surface area (TPSA) is 78.9 Å². The van der Waals surface area contributed by atoms with Crippen LogP contribution in [0.15, 0.2) is 158 Å². The molecule has 0 aromatic rings. The number of esters is 3. The Bertz CT molecular complexity index is 1620. The van der Waals surface area contributed by atoms with E-state index >= 15 is 0 Å². The van der Waals surface area contributed by atoms with Gasteiger partial charge in [0.05, 0.1) is 0 Å². The molecule has 0 saturated carbocycles. The highest BCUT2D eigenvalue weighted by atomic mass is 16.6. The molecule has 0 rings (SSSR count). The lowest BCUT2D eigenvalue weighted by molar-refractivity contribution is -0.166. The Balaban J connectivity index is 4.67. The summed E-state index contributed by atoms with van der Waals surface area (Å²) < 4.78 is 16.7. The van der Waals surface area contributed by atoms with E-state index in [1.807, 2.05) is 24.3 Å². The zero-order valence-electron chi connectivity index (χ0n) is 44.5. The van der Waals surface area contributed by atoms with Gasteiger partial charge in [-0.2, -0.15) is 0 Å². The molecule has 6 nitrogen and oxygen atoms in total. The minimum Gasteiger partial charge on any atom is -0.462 e. The van der Waals surface area contributed by atoms with Crippen LogP contribution in [0.1, 0.15) is 207 Å². The second-order valence-electron chi connectivity index (χ2n) is 17.4. The van der Waals surface area contributed by atoms with Gasteiger partial charge in [0.1, 0.15) is 13.2 Å². The second kappa shape index (κ2) is 56.6. The van der Waals surface area contributed by atoms with Gasteiger partial charge in [-0.25, -0.2) is 0 Å². The molecule has 0 radical (unpaired) electrons. The summed E-state index contributed by atoms with van der Waals surface area (Å²) in [7, 11) is 0. The van der Waals surface area contributed by atoms with Crippen molar-refractivity contribution in [1.82, 2.24) is 0 Å². The number of hydrogen-bond acceptors (Lipinski definition) is 6. The van der Waals surface area contributed by atoms with Gasteiger partial charge in [0.15, 0.2) is 6.10 Å². The Hall–Kier alpha value is -4.97. The average Bonchev–Trinajstić information content (AvgIpc) is 3.36. The van der Waals surface area contributed by atoms with Crippen molar-refractivity contribution >= 4 is 17.9 Å². The molecule has 1 atom stereocenters. The summed E-state index contributed by atoms with van der Waals surface area (Å²) in [6.07, 6.45) is 82.5. The third-order valence-electron chi connectivity index (χ3n) is 10.8. The lowest BCUT2D eigenvalue weighted by Gasteiger charge is -2.18. The number of unbranched alkanes of at least 4 members (excludes halogenated alkanes) is 10. The molecule has 0 bridgehead atoms. The van der Waals surface area contributed by atoms with Gasteiger partial charge in [0.2, 0.25) is 0 Å². The van der Waals surface area contributed by atoms with Crippen molar-refractivity contribution in [3.8, 4) is 0 Å². The first-order chi connectivity index (χ1) is 34.5. The van der Waals surface area contributed by atoms with Crippen LogP contribution in [0.2, 0.25) is 0 Å². The van der Waals surface area contributed by atoms with Crippen LogP contribution in [0.25, 0.3) is 0 Å². The predicted octanol–water partition coefficient (Wildman–Crippen LogP) is 18.6. The predicted molar refractivity (Wildman–Crippen MR) is 302 cm³/mol. The third-order valence-corrected chi connectivity index (χ3v) is 10.8. The third kappa shape index (κ3) is 54.0. The molecule has 0 aromatic heterocycles. The fourth-order valence-corrected chi connectivity index (χ4v) is 6.72. The molecule has 6 heteroatoms. The van der Waals surface area contributed by atoms with Crippen LogP contribution < -0.4 is 0 Å². The smallest absolute Gasteiger partial charge is 0.306 e. The highest BCUT2D eigenvalue weighted by Gasteiger charge is 2.19. The van der Waals surface area contributed by atoms with Crippen LogP contribution in [0, 0.1) is 0 Å². The molecule has 0 saturated heterocycles. The van der Waals surface area contributed by atoms with Crippen LogP contribution >= 0.6 is 0 Å². The molecular formula is C64H98O6. The normalized spacial score (nSPS) is 13.4. The van der Waals surface area contributed by atoms with Gasteiger partial charge >= 0.3 is 17.9 Å². The molecular weight excluding hydrogens is 865 g/mol. The standard InChI is InChI=1S/C64H98O6/c1-4-7-10-13-16-19-22-25-28-30-32-34-36-39-42-45-48-51-54-57-63(66)69-60-61(59-68-62(65)56-53-50-47-44-41-38-27-24-21-18-15-12-9-6-3)70-64(67)58-55-52-49-46-43-40-37-35-33-31-29-26-23-20-17-14-11-8-5-2/h7-8,10-11,16-17,19-20,25-26,28-29,32-35,38-43,48-49,51-52,61H,4-6,9,12-15,18,21-24,27,30-31,36-37,44-47,50,53-60H2,1-3H3/b10-7-,11-8-,19-16-,20-17-,28-25-,29-26-,34-32-,35-33-,41-38-,42-39-,43-40-,51-48-,52-49-. The van der Waals surface area contributed by atoms with Crippen molar-refractivity contribution in [2.75, 3.05) is 13.2 Å². The molecule has 0 heterocycles. The summed E-state index contributed by atoms with van der Waals surface area (Å²) in [5.74, 6) is -1.14. The van der Waals surface area contributed by atoms with E-state index in [0.29, 0.717) is 19.3 Å². The van der Waals surface area contributed by atoms with Crippen LogP contribution in [-0.4, -0.2) is 37.2 Å². The summed E-state index contributed by atoms with van der Waals surface area (Å²) in [5.41, 5.74) is 0. The second-order valence-corrected chi connectivity index (χ2v) is 17.4.